The number of amides is 1. The van der Waals surface area contributed by atoms with Crippen molar-refractivity contribution in [2.75, 3.05) is 20.3 Å². The number of ether oxygens (including phenoxy) is 1. The van der Waals surface area contributed by atoms with Gasteiger partial charge in [0, 0.05) is 24.0 Å². The Bertz CT molecular complexity index is 449. The third-order valence-electron chi connectivity index (χ3n) is 3.56. The lowest BCUT2D eigenvalue weighted by Gasteiger charge is -2.10. The fraction of sp³-hybridized carbons (Fsp3) is 0.533. The molecule has 1 amide bonds. The van der Waals surface area contributed by atoms with Gasteiger partial charge in [-0.2, -0.15) is 0 Å². The van der Waals surface area contributed by atoms with E-state index in [4.69, 9.17) is 4.74 Å². The monoisotopic (exact) mass is 341 g/mol. The Morgan fingerprint density at radius 1 is 1.50 bits per heavy atom. The molecule has 2 N–H and O–H groups in total. The number of aliphatic hydroxyl groups excluding tert-OH is 1. The van der Waals surface area contributed by atoms with E-state index in [-0.39, 0.29) is 11.8 Å². The fourth-order valence-corrected chi connectivity index (χ4v) is 2.60. The van der Waals surface area contributed by atoms with Crippen molar-refractivity contribution in [1.29, 1.82) is 0 Å². The van der Waals surface area contributed by atoms with Gasteiger partial charge in [-0.05, 0) is 36.5 Å². The van der Waals surface area contributed by atoms with Crippen molar-refractivity contribution < 1.29 is 14.6 Å². The Morgan fingerprint density at radius 2 is 2.20 bits per heavy atom. The SMILES string of the molecule is COCC(O)CCNC(=O)C1CC1c1ccc(Br)cc1. The van der Waals surface area contributed by atoms with Gasteiger partial charge in [-0.25, -0.2) is 0 Å². The molecule has 1 aromatic carbocycles. The van der Waals surface area contributed by atoms with E-state index in [0.29, 0.717) is 25.5 Å². The maximum absolute atomic E-state index is 12.0. The lowest BCUT2D eigenvalue weighted by molar-refractivity contribution is -0.122. The van der Waals surface area contributed by atoms with Gasteiger partial charge in [-0.1, -0.05) is 28.1 Å². The molecule has 2 rings (SSSR count). The minimum absolute atomic E-state index is 0.0794. The Balaban J connectivity index is 1.72. The van der Waals surface area contributed by atoms with Crippen LogP contribution in [0.25, 0.3) is 0 Å². The van der Waals surface area contributed by atoms with Crippen molar-refractivity contribution in [2.24, 2.45) is 5.92 Å². The highest BCUT2D eigenvalue weighted by atomic mass is 79.9. The summed E-state index contributed by atoms with van der Waals surface area (Å²) in [5, 5.41) is 12.4. The topological polar surface area (TPSA) is 58.6 Å². The third kappa shape index (κ3) is 4.30. The van der Waals surface area contributed by atoms with Crippen molar-refractivity contribution in [1.82, 2.24) is 5.32 Å². The molecule has 0 aliphatic heterocycles. The predicted molar refractivity (Wildman–Crippen MR) is 80.5 cm³/mol. The fourth-order valence-electron chi connectivity index (χ4n) is 2.33. The number of benzene rings is 1. The molecule has 0 aromatic heterocycles. The standard InChI is InChI=1S/C15H20BrNO3/c1-20-9-12(18)6-7-17-15(19)14-8-13(14)10-2-4-11(16)5-3-10/h2-5,12-14,18H,6-9H2,1H3,(H,17,19). The van der Waals surface area contributed by atoms with Crippen LogP contribution in [0.1, 0.15) is 24.3 Å². The molecule has 4 nitrogen and oxygen atoms in total. The second-order valence-electron chi connectivity index (χ2n) is 5.19. The molecule has 3 atom stereocenters. The highest BCUT2D eigenvalue weighted by Crippen LogP contribution is 2.47. The van der Waals surface area contributed by atoms with Gasteiger partial charge in [-0.15, -0.1) is 0 Å². The summed E-state index contributed by atoms with van der Waals surface area (Å²) in [4.78, 5) is 12.0. The van der Waals surface area contributed by atoms with Crippen LogP contribution in [0.15, 0.2) is 28.7 Å². The molecule has 0 heterocycles. The highest BCUT2D eigenvalue weighted by molar-refractivity contribution is 9.10. The molecule has 3 unspecified atom stereocenters. The number of rotatable bonds is 7. The first-order valence-corrected chi connectivity index (χ1v) is 7.61. The molecule has 5 heteroatoms. The van der Waals surface area contributed by atoms with E-state index in [1.807, 2.05) is 12.1 Å². The van der Waals surface area contributed by atoms with Crippen LogP contribution in [0.3, 0.4) is 0 Å². The summed E-state index contributed by atoms with van der Waals surface area (Å²) in [5.74, 6) is 0.505. The zero-order valence-electron chi connectivity index (χ0n) is 11.5. The Labute approximate surface area is 127 Å². The lowest BCUT2D eigenvalue weighted by atomic mass is 10.1. The van der Waals surface area contributed by atoms with Gasteiger partial charge >= 0.3 is 0 Å². The van der Waals surface area contributed by atoms with Gasteiger partial charge in [0.05, 0.1) is 12.7 Å². The van der Waals surface area contributed by atoms with E-state index < -0.39 is 6.10 Å². The van der Waals surface area contributed by atoms with E-state index in [9.17, 15) is 9.90 Å². The summed E-state index contributed by atoms with van der Waals surface area (Å²) in [6, 6.07) is 8.13. The first kappa shape index (κ1) is 15.5. The van der Waals surface area contributed by atoms with E-state index in [1.54, 1.807) is 7.11 Å². The van der Waals surface area contributed by atoms with Crippen molar-refractivity contribution in [3.63, 3.8) is 0 Å². The maximum atomic E-state index is 12.0. The summed E-state index contributed by atoms with van der Waals surface area (Å²) in [7, 11) is 1.55. The maximum Gasteiger partial charge on any atom is 0.223 e. The quantitative estimate of drug-likeness (QED) is 0.798. The van der Waals surface area contributed by atoms with Crippen molar-refractivity contribution in [2.45, 2.75) is 24.9 Å². The summed E-state index contributed by atoms with van der Waals surface area (Å²) in [6.45, 7) is 0.799. The minimum atomic E-state index is -0.512. The normalized spacial score (nSPS) is 22.4. The van der Waals surface area contributed by atoms with Crippen LogP contribution in [0, 0.1) is 5.92 Å². The van der Waals surface area contributed by atoms with Gasteiger partial charge in [0.1, 0.15) is 0 Å². The average molecular weight is 342 g/mol. The van der Waals surface area contributed by atoms with E-state index in [1.165, 1.54) is 5.56 Å². The molecular weight excluding hydrogens is 322 g/mol. The number of aliphatic hydroxyl groups is 1. The molecule has 0 spiro atoms. The molecule has 0 saturated heterocycles. The Kier molecular flexibility index (Phi) is 5.57. The van der Waals surface area contributed by atoms with Crippen LogP contribution in [0.4, 0.5) is 0 Å². The van der Waals surface area contributed by atoms with Crippen LogP contribution < -0.4 is 5.32 Å². The van der Waals surface area contributed by atoms with Crippen LogP contribution in [0.2, 0.25) is 0 Å². The second-order valence-corrected chi connectivity index (χ2v) is 6.10. The third-order valence-corrected chi connectivity index (χ3v) is 4.09. The zero-order valence-corrected chi connectivity index (χ0v) is 13.1. The second kappa shape index (κ2) is 7.20. The molecule has 110 valence electrons. The van der Waals surface area contributed by atoms with Crippen LogP contribution in [-0.4, -0.2) is 37.4 Å². The number of methoxy groups -OCH3 is 1. The average Bonchev–Trinajstić information content (AvgIpc) is 3.20. The van der Waals surface area contributed by atoms with Gasteiger partial charge in [0.25, 0.3) is 0 Å². The molecule has 1 fully saturated rings. The molecule has 0 bridgehead atoms. The minimum Gasteiger partial charge on any atom is -0.391 e. The van der Waals surface area contributed by atoms with Crippen molar-refractivity contribution >= 4 is 21.8 Å². The van der Waals surface area contributed by atoms with Gasteiger partial charge in [0.2, 0.25) is 5.91 Å². The van der Waals surface area contributed by atoms with E-state index in [0.717, 1.165) is 10.9 Å². The first-order valence-electron chi connectivity index (χ1n) is 6.82. The number of hydrogen-bond donors (Lipinski definition) is 2. The van der Waals surface area contributed by atoms with Gasteiger partial charge in [-0.3, -0.25) is 4.79 Å². The number of nitrogens with one attached hydrogen (secondary N) is 1. The van der Waals surface area contributed by atoms with Crippen molar-refractivity contribution in [3.05, 3.63) is 34.3 Å². The summed E-state index contributed by atoms with van der Waals surface area (Å²) in [5.41, 5.74) is 1.22. The van der Waals surface area contributed by atoms with Gasteiger partial charge in [0.15, 0.2) is 0 Å². The van der Waals surface area contributed by atoms with Crippen molar-refractivity contribution in [3.8, 4) is 0 Å². The first-order chi connectivity index (χ1) is 9.61. The highest BCUT2D eigenvalue weighted by Gasteiger charge is 2.43. The van der Waals surface area contributed by atoms with E-state index >= 15 is 0 Å². The van der Waals surface area contributed by atoms with Crippen LogP contribution >= 0.6 is 15.9 Å². The predicted octanol–water partition coefficient (Wildman–Crippen LogP) is 2.07. The molecule has 1 aliphatic carbocycles. The number of halogens is 1. The Morgan fingerprint density at radius 3 is 2.85 bits per heavy atom. The molecule has 1 aliphatic rings. The zero-order chi connectivity index (χ0) is 14.5. The number of hydrogen-bond acceptors (Lipinski definition) is 3. The molecule has 1 saturated carbocycles. The molecule has 20 heavy (non-hydrogen) atoms. The van der Waals surface area contributed by atoms with Crippen LogP contribution in [0.5, 0.6) is 0 Å². The summed E-state index contributed by atoms with van der Waals surface area (Å²) >= 11 is 3.41. The van der Waals surface area contributed by atoms with E-state index in [2.05, 4.69) is 33.4 Å². The number of carbonyl (C=O) groups is 1. The molecular formula is C15H20BrNO3. The summed E-state index contributed by atoms with van der Waals surface area (Å²) < 4.78 is 5.89. The van der Waals surface area contributed by atoms with Crippen LogP contribution in [-0.2, 0) is 9.53 Å². The smallest absolute Gasteiger partial charge is 0.223 e. The molecule has 1 aromatic rings. The number of carbonyl (C=O) groups excluding carboxylic acids is 1. The summed E-state index contributed by atoms with van der Waals surface area (Å²) in [6.07, 6.45) is 0.922. The Hall–Kier alpha value is -0.910. The molecule has 0 radical (unpaired) electrons. The largest absolute Gasteiger partial charge is 0.391 e. The van der Waals surface area contributed by atoms with Gasteiger partial charge < -0.3 is 15.2 Å². The lowest BCUT2D eigenvalue weighted by Crippen LogP contribution is -2.29.